The molecule has 0 atom stereocenters. The average molecular weight is 299 g/mol. The second kappa shape index (κ2) is 5.50. The van der Waals surface area contributed by atoms with E-state index in [-0.39, 0.29) is 16.7 Å². The Labute approximate surface area is 118 Å². The molecular weight excluding hydrogens is 288 g/mol. The second-order valence-electron chi connectivity index (χ2n) is 3.92. The monoisotopic (exact) mass is 298 g/mol. The van der Waals surface area contributed by atoms with Crippen LogP contribution in [0.3, 0.4) is 0 Å². The molecule has 2 heterocycles. The van der Waals surface area contributed by atoms with E-state index in [2.05, 4.69) is 15.3 Å². The largest absolute Gasteiger partial charge is 0.359 e. The van der Waals surface area contributed by atoms with Crippen molar-refractivity contribution in [3.05, 3.63) is 43.0 Å². The van der Waals surface area contributed by atoms with E-state index in [9.17, 15) is 10.1 Å². The molecule has 0 saturated carbocycles. The quantitative estimate of drug-likeness (QED) is 0.532. The minimum absolute atomic E-state index is 0.133. The first-order valence-electron chi connectivity index (χ1n) is 5.43. The lowest BCUT2D eigenvalue weighted by atomic mass is 10.3. The summed E-state index contributed by atoms with van der Waals surface area (Å²) in [7, 11) is 0. The molecule has 2 aromatic rings. The topological polar surface area (TPSA) is 81.0 Å². The molecule has 100 valence electrons. The fourth-order valence-corrected chi connectivity index (χ4v) is 2.75. The number of halogens is 1. The van der Waals surface area contributed by atoms with Gasteiger partial charge in [-0.05, 0) is 25.5 Å². The highest BCUT2D eigenvalue weighted by Gasteiger charge is 2.21. The number of nitro groups is 1. The standard InChI is InChI=1S/C11H11ClN4O2S/c1-6-3-8(19-7(6)2)4-13-11-9(16(17)18)10(12)14-5-15-11/h3,5H,4H2,1-2H3,(H,13,14,15). The van der Waals surface area contributed by atoms with E-state index in [1.165, 1.54) is 16.8 Å². The van der Waals surface area contributed by atoms with Crippen molar-refractivity contribution in [1.82, 2.24) is 9.97 Å². The Morgan fingerprint density at radius 1 is 1.47 bits per heavy atom. The van der Waals surface area contributed by atoms with Crippen LogP contribution in [0.5, 0.6) is 0 Å². The maximum atomic E-state index is 10.9. The van der Waals surface area contributed by atoms with Gasteiger partial charge in [0.15, 0.2) is 0 Å². The Balaban J connectivity index is 2.20. The van der Waals surface area contributed by atoms with Crippen molar-refractivity contribution in [2.75, 3.05) is 5.32 Å². The smallest absolute Gasteiger partial charge is 0.348 e. The highest BCUT2D eigenvalue weighted by atomic mass is 35.5. The molecule has 0 bridgehead atoms. The minimum Gasteiger partial charge on any atom is -0.359 e. The van der Waals surface area contributed by atoms with Crippen LogP contribution in [0.25, 0.3) is 0 Å². The zero-order chi connectivity index (χ0) is 14.0. The van der Waals surface area contributed by atoms with Gasteiger partial charge in [0.25, 0.3) is 0 Å². The number of nitrogens with zero attached hydrogens (tertiary/aromatic N) is 3. The summed E-state index contributed by atoms with van der Waals surface area (Å²) in [6.07, 6.45) is 1.20. The van der Waals surface area contributed by atoms with Gasteiger partial charge in [0.1, 0.15) is 6.33 Å². The molecule has 1 N–H and O–H groups in total. The second-order valence-corrected chi connectivity index (χ2v) is 5.62. The molecule has 0 saturated heterocycles. The van der Waals surface area contributed by atoms with Gasteiger partial charge in [-0.15, -0.1) is 11.3 Å². The molecule has 0 radical (unpaired) electrons. The molecule has 0 aliphatic rings. The van der Waals surface area contributed by atoms with Crippen LogP contribution in [0.15, 0.2) is 12.4 Å². The minimum atomic E-state index is -0.588. The summed E-state index contributed by atoms with van der Waals surface area (Å²) >= 11 is 7.35. The molecular formula is C11H11ClN4O2S. The van der Waals surface area contributed by atoms with Crippen molar-refractivity contribution in [2.24, 2.45) is 0 Å². The average Bonchev–Trinajstić information content (AvgIpc) is 2.65. The van der Waals surface area contributed by atoms with Crippen LogP contribution < -0.4 is 5.32 Å². The van der Waals surface area contributed by atoms with Gasteiger partial charge in [-0.3, -0.25) is 10.1 Å². The van der Waals surface area contributed by atoms with Crippen molar-refractivity contribution in [3.8, 4) is 0 Å². The summed E-state index contributed by atoms with van der Waals surface area (Å²) in [5.74, 6) is 0.133. The summed E-state index contributed by atoms with van der Waals surface area (Å²) in [6, 6.07) is 2.04. The van der Waals surface area contributed by atoms with E-state index in [0.717, 1.165) is 4.88 Å². The summed E-state index contributed by atoms with van der Waals surface area (Å²) in [5.41, 5.74) is 0.909. The number of rotatable bonds is 4. The molecule has 6 nitrogen and oxygen atoms in total. The molecule has 0 aliphatic heterocycles. The zero-order valence-corrected chi connectivity index (χ0v) is 11.9. The van der Waals surface area contributed by atoms with Crippen molar-refractivity contribution < 1.29 is 4.92 Å². The number of nitrogens with one attached hydrogen (secondary N) is 1. The van der Waals surface area contributed by atoms with E-state index >= 15 is 0 Å². The maximum Gasteiger partial charge on any atom is 0.348 e. The first-order chi connectivity index (χ1) is 8.99. The van der Waals surface area contributed by atoms with E-state index < -0.39 is 4.92 Å². The first-order valence-corrected chi connectivity index (χ1v) is 6.63. The number of thiophene rings is 1. The van der Waals surface area contributed by atoms with Crippen LogP contribution in [0, 0.1) is 24.0 Å². The number of hydrogen-bond donors (Lipinski definition) is 1. The summed E-state index contributed by atoms with van der Waals surface area (Å²) in [4.78, 5) is 20.1. The Hall–Kier alpha value is -1.73. The van der Waals surface area contributed by atoms with Crippen molar-refractivity contribution in [2.45, 2.75) is 20.4 Å². The van der Waals surface area contributed by atoms with Crippen LogP contribution >= 0.6 is 22.9 Å². The maximum absolute atomic E-state index is 10.9. The molecule has 0 spiro atoms. The molecule has 8 heteroatoms. The van der Waals surface area contributed by atoms with Crippen molar-refractivity contribution in [3.63, 3.8) is 0 Å². The zero-order valence-electron chi connectivity index (χ0n) is 10.3. The Morgan fingerprint density at radius 3 is 2.79 bits per heavy atom. The van der Waals surface area contributed by atoms with Gasteiger partial charge in [-0.25, -0.2) is 9.97 Å². The predicted molar refractivity (Wildman–Crippen MR) is 74.8 cm³/mol. The lowest BCUT2D eigenvalue weighted by Crippen LogP contribution is -2.05. The molecule has 2 aromatic heterocycles. The lowest BCUT2D eigenvalue weighted by molar-refractivity contribution is -0.384. The van der Waals surface area contributed by atoms with Crippen LogP contribution in [-0.2, 0) is 6.54 Å². The van der Waals surface area contributed by atoms with Crippen LogP contribution in [0.4, 0.5) is 11.5 Å². The third kappa shape index (κ3) is 2.99. The fraction of sp³-hybridized carbons (Fsp3) is 0.273. The molecule has 2 rings (SSSR count). The lowest BCUT2D eigenvalue weighted by Gasteiger charge is -2.04. The summed E-state index contributed by atoms with van der Waals surface area (Å²) in [6.45, 7) is 4.53. The van der Waals surface area contributed by atoms with Crippen LogP contribution in [0.1, 0.15) is 15.3 Å². The highest BCUT2D eigenvalue weighted by molar-refractivity contribution is 7.12. The van der Waals surface area contributed by atoms with Gasteiger partial charge in [0.2, 0.25) is 11.0 Å². The SMILES string of the molecule is Cc1cc(CNc2ncnc(Cl)c2[N+](=O)[O-])sc1C. The molecule has 0 unspecified atom stereocenters. The van der Waals surface area contributed by atoms with E-state index in [1.807, 2.05) is 19.9 Å². The van der Waals surface area contributed by atoms with Crippen LogP contribution in [-0.4, -0.2) is 14.9 Å². The van der Waals surface area contributed by atoms with Crippen molar-refractivity contribution >= 4 is 34.4 Å². The fourth-order valence-electron chi connectivity index (χ4n) is 1.56. The van der Waals surface area contributed by atoms with Gasteiger partial charge in [0, 0.05) is 9.75 Å². The van der Waals surface area contributed by atoms with E-state index in [4.69, 9.17) is 11.6 Å². The van der Waals surface area contributed by atoms with Gasteiger partial charge >= 0.3 is 5.69 Å². The van der Waals surface area contributed by atoms with Gasteiger partial charge in [-0.1, -0.05) is 11.6 Å². The van der Waals surface area contributed by atoms with E-state index in [1.54, 1.807) is 11.3 Å². The van der Waals surface area contributed by atoms with Crippen molar-refractivity contribution in [1.29, 1.82) is 0 Å². The third-order valence-electron chi connectivity index (χ3n) is 2.61. The molecule has 0 aromatic carbocycles. The van der Waals surface area contributed by atoms with Gasteiger partial charge < -0.3 is 5.32 Å². The number of hydrogen-bond acceptors (Lipinski definition) is 6. The summed E-state index contributed by atoms with van der Waals surface area (Å²) < 4.78 is 0. The van der Waals surface area contributed by atoms with Gasteiger partial charge in [0.05, 0.1) is 11.5 Å². The van der Waals surface area contributed by atoms with Gasteiger partial charge in [-0.2, -0.15) is 0 Å². The normalized spacial score (nSPS) is 10.5. The highest BCUT2D eigenvalue weighted by Crippen LogP contribution is 2.29. The first kappa shape index (κ1) is 13.7. The van der Waals surface area contributed by atoms with Crippen LogP contribution in [0.2, 0.25) is 5.15 Å². The third-order valence-corrected chi connectivity index (χ3v) is 4.04. The number of aryl methyl sites for hydroxylation is 2. The summed E-state index contributed by atoms with van der Waals surface area (Å²) in [5, 5.41) is 13.7. The molecule has 0 amide bonds. The molecule has 0 fully saturated rings. The molecule has 0 aliphatic carbocycles. The number of aromatic nitrogens is 2. The Morgan fingerprint density at radius 2 is 2.21 bits per heavy atom. The van der Waals surface area contributed by atoms with E-state index in [0.29, 0.717) is 6.54 Å². The Bertz CT molecular complexity index is 610. The predicted octanol–water partition coefficient (Wildman–Crippen LogP) is 3.33. The number of anilines is 1. The Kier molecular flexibility index (Phi) is 3.96. The molecule has 19 heavy (non-hydrogen) atoms.